The summed E-state index contributed by atoms with van der Waals surface area (Å²) in [5.41, 5.74) is 1.87. The second kappa shape index (κ2) is 9.40. The van der Waals surface area contributed by atoms with E-state index >= 15 is 0 Å². The van der Waals surface area contributed by atoms with E-state index in [1.54, 1.807) is 30.2 Å². The Morgan fingerprint density at radius 2 is 2.06 bits per heavy atom. The molecular weight excluding hydrogens is 456 g/mol. The van der Waals surface area contributed by atoms with E-state index in [-0.39, 0.29) is 24.5 Å². The molecular formula is C22H19ClN2O4S2. The number of hydrogen-bond acceptors (Lipinski definition) is 6. The summed E-state index contributed by atoms with van der Waals surface area (Å²) in [6.07, 6.45) is 2.45. The van der Waals surface area contributed by atoms with Crippen molar-refractivity contribution < 1.29 is 19.1 Å². The second-order valence-corrected chi connectivity index (χ2v) is 9.29. The number of benzene rings is 2. The van der Waals surface area contributed by atoms with Crippen LogP contribution in [0.4, 0.5) is 0 Å². The first-order valence-corrected chi connectivity index (χ1v) is 11.1. The van der Waals surface area contributed by atoms with Gasteiger partial charge in [-0.05, 0) is 47.9 Å². The summed E-state index contributed by atoms with van der Waals surface area (Å²) in [5.74, 6) is 0.959. The summed E-state index contributed by atoms with van der Waals surface area (Å²) in [4.78, 5) is 25.8. The molecule has 31 heavy (non-hydrogen) atoms. The highest BCUT2D eigenvalue weighted by molar-refractivity contribution is 8.26. The van der Waals surface area contributed by atoms with Crippen molar-refractivity contribution in [1.29, 1.82) is 0 Å². The molecule has 0 aromatic heterocycles. The summed E-state index contributed by atoms with van der Waals surface area (Å²) >= 11 is 12.6. The number of ether oxygens (including phenoxy) is 2. The Morgan fingerprint density at radius 3 is 2.74 bits per heavy atom. The van der Waals surface area contributed by atoms with Crippen molar-refractivity contribution >= 4 is 57.8 Å². The van der Waals surface area contributed by atoms with Crippen molar-refractivity contribution in [2.75, 3.05) is 20.3 Å². The lowest BCUT2D eigenvalue weighted by Crippen LogP contribution is -2.47. The molecule has 0 saturated carbocycles. The summed E-state index contributed by atoms with van der Waals surface area (Å²) in [7, 11) is 1.81. The van der Waals surface area contributed by atoms with Crippen molar-refractivity contribution in [2.45, 2.75) is 12.5 Å². The van der Waals surface area contributed by atoms with Gasteiger partial charge in [-0.1, -0.05) is 53.8 Å². The highest BCUT2D eigenvalue weighted by Crippen LogP contribution is 2.32. The number of hydrogen-bond donors (Lipinski definition) is 1. The molecule has 0 radical (unpaired) electrons. The van der Waals surface area contributed by atoms with Gasteiger partial charge in [0.2, 0.25) is 5.91 Å². The number of nitrogens with one attached hydrogen (secondary N) is 1. The number of rotatable bonds is 5. The molecule has 1 N–H and O–H groups in total. The summed E-state index contributed by atoms with van der Waals surface area (Å²) < 4.78 is 11.7. The van der Waals surface area contributed by atoms with E-state index in [9.17, 15) is 9.59 Å². The van der Waals surface area contributed by atoms with Crippen LogP contribution in [-0.2, 0) is 20.7 Å². The highest BCUT2D eigenvalue weighted by atomic mass is 35.5. The fraction of sp³-hybridized carbons (Fsp3) is 0.227. The van der Waals surface area contributed by atoms with Crippen LogP contribution in [-0.4, -0.2) is 47.3 Å². The lowest BCUT2D eigenvalue weighted by molar-refractivity contribution is -0.145. The average molecular weight is 475 g/mol. The zero-order valence-electron chi connectivity index (χ0n) is 16.6. The zero-order chi connectivity index (χ0) is 22.0. The molecule has 2 aliphatic rings. The molecule has 2 aromatic carbocycles. The molecule has 0 spiro atoms. The van der Waals surface area contributed by atoms with E-state index < -0.39 is 0 Å². The predicted molar refractivity (Wildman–Crippen MR) is 125 cm³/mol. The lowest BCUT2D eigenvalue weighted by atomic mass is 10.0. The molecule has 1 atom stereocenters. The van der Waals surface area contributed by atoms with E-state index in [2.05, 4.69) is 5.32 Å². The molecule has 2 saturated heterocycles. The van der Waals surface area contributed by atoms with Crippen molar-refractivity contribution in [3.05, 3.63) is 63.5 Å². The predicted octanol–water partition coefficient (Wildman–Crippen LogP) is 4.02. The fourth-order valence-electron chi connectivity index (χ4n) is 3.25. The Bertz CT molecular complexity index is 1070. The number of likely N-dealkylation sites (N-methyl/N-ethyl adjacent to an activating group) is 1. The third-order valence-electron chi connectivity index (χ3n) is 5.00. The fourth-order valence-corrected chi connectivity index (χ4v) is 4.52. The molecule has 4 rings (SSSR count). The molecule has 2 amide bonds. The smallest absolute Gasteiger partial charge is 0.263 e. The third-order valence-corrected chi connectivity index (χ3v) is 6.45. The maximum Gasteiger partial charge on any atom is 0.263 e. The molecule has 2 aliphatic heterocycles. The molecule has 2 aromatic rings. The molecule has 2 fully saturated rings. The number of amides is 2. The number of thioether (sulfide) groups is 1. The van der Waals surface area contributed by atoms with Gasteiger partial charge in [0.05, 0.1) is 22.6 Å². The number of morpholine rings is 1. The van der Waals surface area contributed by atoms with Crippen LogP contribution in [0.15, 0.2) is 47.4 Å². The first-order chi connectivity index (χ1) is 14.9. The van der Waals surface area contributed by atoms with Crippen LogP contribution in [0.25, 0.3) is 6.08 Å². The van der Waals surface area contributed by atoms with Gasteiger partial charge >= 0.3 is 0 Å². The van der Waals surface area contributed by atoms with Gasteiger partial charge < -0.3 is 19.7 Å². The zero-order valence-corrected chi connectivity index (χ0v) is 19.0. The van der Waals surface area contributed by atoms with Crippen LogP contribution in [0.2, 0.25) is 5.02 Å². The van der Waals surface area contributed by atoms with Gasteiger partial charge in [0.15, 0.2) is 0 Å². The molecule has 0 bridgehead atoms. The van der Waals surface area contributed by atoms with Crippen molar-refractivity contribution in [3.63, 3.8) is 0 Å². The molecule has 2 heterocycles. The van der Waals surface area contributed by atoms with E-state index in [4.69, 9.17) is 33.3 Å². The standard InChI is InChI=1S/C22H19ClN2O4S2/c1-25-15(11-28-12-20(25)26)8-13-2-5-16(6-3-13)29-18-7-4-14(9-17(18)23)10-19-21(27)24-22(30)31-19/h2-7,9-10,15H,8,11-12H2,1H3,(H,24,27,30). The minimum absolute atomic E-state index is 0.000184. The van der Waals surface area contributed by atoms with Crippen LogP contribution in [0.5, 0.6) is 11.5 Å². The molecule has 1 unspecified atom stereocenters. The van der Waals surface area contributed by atoms with Crippen LogP contribution in [0, 0.1) is 0 Å². The van der Waals surface area contributed by atoms with Gasteiger partial charge in [-0.2, -0.15) is 0 Å². The summed E-state index contributed by atoms with van der Waals surface area (Å²) in [5, 5.41) is 3.02. The number of halogens is 1. The monoisotopic (exact) mass is 474 g/mol. The van der Waals surface area contributed by atoms with Gasteiger partial charge in [0.25, 0.3) is 5.91 Å². The van der Waals surface area contributed by atoms with Gasteiger partial charge in [0, 0.05) is 7.05 Å². The van der Waals surface area contributed by atoms with Gasteiger partial charge in [-0.25, -0.2) is 0 Å². The molecule has 6 nitrogen and oxygen atoms in total. The van der Waals surface area contributed by atoms with E-state index in [0.29, 0.717) is 38.8 Å². The minimum Gasteiger partial charge on any atom is -0.456 e. The first kappa shape index (κ1) is 21.8. The Hall–Kier alpha value is -2.39. The average Bonchev–Trinajstić information content (AvgIpc) is 3.05. The number of thiocarbonyl (C=S) groups is 1. The highest BCUT2D eigenvalue weighted by Gasteiger charge is 2.25. The Labute approximate surface area is 194 Å². The van der Waals surface area contributed by atoms with E-state index in [1.165, 1.54) is 11.8 Å². The molecule has 9 heteroatoms. The van der Waals surface area contributed by atoms with Crippen molar-refractivity contribution in [3.8, 4) is 11.5 Å². The topological polar surface area (TPSA) is 67.9 Å². The maximum atomic E-state index is 11.8. The summed E-state index contributed by atoms with van der Waals surface area (Å²) in [6.45, 7) is 0.681. The number of nitrogens with zero attached hydrogens (tertiary/aromatic N) is 1. The lowest BCUT2D eigenvalue weighted by Gasteiger charge is -2.32. The van der Waals surface area contributed by atoms with E-state index in [0.717, 1.165) is 11.1 Å². The molecule has 160 valence electrons. The third kappa shape index (κ3) is 5.27. The first-order valence-electron chi connectivity index (χ1n) is 9.53. The Morgan fingerprint density at radius 1 is 1.29 bits per heavy atom. The number of carbonyl (C=O) groups is 2. The summed E-state index contributed by atoms with van der Waals surface area (Å²) in [6, 6.07) is 13.0. The SMILES string of the molecule is CN1C(=O)COCC1Cc1ccc(Oc2ccc(C=C3SC(=S)NC3=O)cc2Cl)cc1. The Balaban J connectivity index is 1.41. The van der Waals surface area contributed by atoms with Gasteiger partial charge in [0.1, 0.15) is 22.4 Å². The normalized spacial score (nSPS) is 20.3. The quantitative estimate of drug-likeness (QED) is 0.521. The largest absolute Gasteiger partial charge is 0.456 e. The maximum absolute atomic E-state index is 11.8. The Kier molecular flexibility index (Phi) is 6.62. The van der Waals surface area contributed by atoms with Crippen LogP contribution in [0.1, 0.15) is 11.1 Å². The van der Waals surface area contributed by atoms with Crippen molar-refractivity contribution in [2.24, 2.45) is 0 Å². The van der Waals surface area contributed by atoms with Crippen LogP contribution in [0.3, 0.4) is 0 Å². The minimum atomic E-state index is -0.207. The van der Waals surface area contributed by atoms with Crippen LogP contribution >= 0.6 is 35.6 Å². The van der Waals surface area contributed by atoms with Crippen LogP contribution < -0.4 is 10.1 Å². The second-order valence-electron chi connectivity index (χ2n) is 7.17. The molecule has 0 aliphatic carbocycles. The van der Waals surface area contributed by atoms with E-state index in [1.807, 2.05) is 30.3 Å². The van der Waals surface area contributed by atoms with Gasteiger partial charge in [-0.15, -0.1) is 0 Å². The van der Waals surface area contributed by atoms with Gasteiger partial charge in [-0.3, -0.25) is 9.59 Å². The number of carbonyl (C=O) groups excluding carboxylic acids is 2. The van der Waals surface area contributed by atoms with Crippen molar-refractivity contribution in [1.82, 2.24) is 10.2 Å².